The second-order valence-electron chi connectivity index (χ2n) is 7.79. The Balaban J connectivity index is 1.64. The zero-order chi connectivity index (χ0) is 25.6. The molecule has 0 aliphatic rings. The van der Waals surface area contributed by atoms with E-state index in [1.807, 2.05) is 39.0 Å². The van der Waals surface area contributed by atoms with Gasteiger partial charge < -0.3 is 19.1 Å². The van der Waals surface area contributed by atoms with Crippen molar-refractivity contribution in [2.24, 2.45) is 0 Å². The number of benzene rings is 2. The van der Waals surface area contributed by atoms with Crippen molar-refractivity contribution in [3.63, 3.8) is 0 Å². The lowest BCUT2D eigenvalue weighted by Gasteiger charge is -2.17. The SMILES string of the molecule is COP(=O)(OC)OCC(O)COc1ccc(-c2noc(-c3ccc(OC(C)C)c(C)c3)n2)cc1Cl. The molecule has 0 fully saturated rings. The summed E-state index contributed by atoms with van der Waals surface area (Å²) < 4.78 is 42.8. The molecule has 0 aliphatic carbocycles. The maximum Gasteiger partial charge on any atom is 0.474 e. The lowest BCUT2D eigenvalue weighted by atomic mass is 10.1. The van der Waals surface area contributed by atoms with Crippen molar-refractivity contribution in [3.8, 4) is 34.3 Å². The quantitative estimate of drug-likeness (QED) is 0.310. The fourth-order valence-corrected chi connectivity index (χ4v) is 3.92. The Bertz CT molecular complexity index is 1180. The van der Waals surface area contributed by atoms with Crippen LogP contribution in [0.5, 0.6) is 11.5 Å². The molecule has 1 unspecified atom stereocenters. The molecular formula is C23H28ClN2O8P. The molecule has 10 nitrogen and oxygen atoms in total. The first kappa shape index (κ1) is 27.1. The summed E-state index contributed by atoms with van der Waals surface area (Å²) >= 11 is 6.34. The van der Waals surface area contributed by atoms with Crippen LogP contribution in [-0.4, -0.2) is 54.9 Å². The Morgan fingerprint density at radius 2 is 1.74 bits per heavy atom. The number of aromatic nitrogens is 2. The van der Waals surface area contributed by atoms with Crippen LogP contribution in [-0.2, 0) is 18.1 Å². The van der Waals surface area contributed by atoms with Gasteiger partial charge in [0.05, 0.1) is 17.7 Å². The topological polar surface area (TPSA) is 122 Å². The minimum absolute atomic E-state index is 0.0767. The van der Waals surface area contributed by atoms with E-state index < -0.39 is 13.9 Å². The summed E-state index contributed by atoms with van der Waals surface area (Å²) in [6.07, 6.45) is -1.02. The monoisotopic (exact) mass is 526 g/mol. The highest BCUT2D eigenvalue weighted by atomic mass is 35.5. The van der Waals surface area contributed by atoms with Gasteiger partial charge in [-0.25, -0.2) is 4.57 Å². The van der Waals surface area contributed by atoms with E-state index in [2.05, 4.69) is 19.2 Å². The van der Waals surface area contributed by atoms with Crippen LogP contribution in [0.4, 0.5) is 0 Å². The van der Waals surface area contributed by atoms with E-state index in [9.17, 15) is 9.67 Å². The van der Waals surface area contributed by atoms with E-state index in [-0.39, 0.29) is 24.3 Å². The summed E-state index contributed by atoms with van der Waals surface area (Å²) in [5, 5.41) is 14.3. The highest BCUT2D eigenvalue weighted by molar-refractivity contribution is 7.48. The molecule has 0 amide bonds. The first-order valence-corrected chi connectivity index (χ1v) is 12.6. The normalized spacial score (nSPS) is 12.7. The third-order valence-electron chi connectivity index (χ3n) is 4.70. The standard InChI is InChI=1S/C23H28ClN2O8P/c1-14(2)33-20-8-7-17(10-15(20)3)23-25-22(26-34-23)16-6-9-21(19(24)11-16)31-12-18(27)13-32-35(28,29-4)30-5/h6-11,14,18,27H,12-13H2,1-5H3. The molecule has 2 aromatic carbocycles. The maximum atomic E-state index is 11.9. The number of phosphoric acid groups is 1. The molecule has 35 heavy (non-hydrogen) atoms. The van der Waals surface area contributed by atoms with Crippen LogP contribution in [0.2, 0.25) is 5.02 Å². The lowest BCUT2D eigenvalue weighted by Crippen LogP contribution is -2.23. The Morgan fingerprint density at radius 3 is 2.37 bits per heavy atom. The summed E-state index contributed by atoms with van der Waals surface area (Å²) in [4.78, 5) is 4.47. The van der Waals surface area contributed by atoms with Gasteiger partial charge in [0, 0.05) is 25.3 Å². The summed E-state index contributed by atoms with van der Waals surface area (Å²) in [5.74, 6) is 1.85. The molecule has 0 spiro atoms. The van der Waals surface area contributed by atoms with Crippen LogP contribution < -0.4 is 9.47 Å². The van der Waals surface area contributed by atoms with Crippen LogP contribution in [0.15, 0.2) is 40.9 Å². The second kappa shape index (κ2) is 12.0. The summed E-state index contributed by atoms with van der Waals surface area (Å²) in [6.45, 7) is 5.42. The van der Waals surface area contributed by atoms with Gasteiger partial charge in [-0.1, -0.05) is 16.8 Å². The lowest BCUT2D eigenvalue weighted by molar-refractivity contribution is 0.0432. The van der Waals surface area contributed by atoms with Gasteiger partial charge in [-0.15, -0.1) is 0 Å². The van der Waals surface area contributed by atoms with Crippen molar-refractivity contribution < 1.29 is 37.2 Å². The first-order chi connectivity index (χ1) is 16.6. The molecule has 0 bridgehead atoms. The third kappa shape index (κ3) is 7.27. The molecular weight excluding hydrogens is 499 g/mol. The summed E-state index contributed by atoms with van der Waals surface area (Å²) in [7, 11) is -1.32. The number of phosphoric ester groups is 1. The van der Waals surface area contributed by atoms with Gasteiger partial charge in [0.1, 0.15) is 24.2 Å². The molecule has 3 rings (SSSR count). The van der Waals surface area contributed by atoms with Crippen molar-refractivity contribution in [1.82, 2.24) is 10.1 Å². The van der Waals surface area contributed by atoms with Gasteiger partial charge in [0.15, 0.2) is 0 Å². The van der Waals surface area contributed by atoms with Gasteiger partial charge in [0.25, 0.3) is 5.89 Å². The molecule has 0 saturated carbocycles. The number of hydrogen-bond acceptors (Lipinski definition) is 10. The summed E-state index contributed by atoms with van der Waals surface area (Å²) in [6, 6.07) is 10.6. The smallest absolute Gasteiger partial charge is 0.474 e. The summed E-state index contributed by atoms with van der Waals surface area (Å²) in [5.41, 5.74) is 2.35. The van der Waals surface area contributed by atoms with E-state index >= 15 is 0 Å². The second-order valence-corrected chi connectivity index (χ2v) is 10.1. The third-order valence-corrected chi connectivity index (χ3v) is 6.36. The molecule has 1 heterocycles. The van der Waals surface area contributed by atoms with E-state index in [1.165, 1.54) is 14.2 Å². The minimum atomic E-state index is -3.68. The number of rotatable bonds is 12. The molecule has 0 saturated heterocycles. The van der Waals surface area contributed by atoms with Crippen LogP contribution in [0.25, 0.3) is 22.8 Å². The van der Waals surface area contributed by atoms with E-state index in [4.69, 9.17) is 30.1 Å². The van der Waals surface area contributed by atoms with Crippen molar-refractivity contribution >= 4 is 19.4 Å². The number of ether oxygens (including phenoxy) is 2. The molecule has 3 aromatic rings. The van der Waals surface area contributed by atoms with Gasteiger partial charge in [-0.05, 0) is 62.7 Å². The van der Waals surface area contributed by atoms with Crippen molar-refractivity contribution in [2.45, 2.75) is 33.0 Å². The molecule has 1 aromatic heterocycles. The van der Waals surface area contributed by atoms with Crippen molar-refractivity contribution in [2.75, 3.05) is 27.4 Å². The number of halogens is 1. The van der Waals surface area contributed by atoms with Crippen molar-refractivity contribution in [3.05, 3.63) is 47.0 Å². The van der Waals surface area contributed by atoms with Crippen LogP contribution in [0.1, 0.15) is 19.4 Å². The highest BCUT2D eigenvalue weighted by Crippen LogP contribution is 2.47. The zero-order valence-corrected chi connectivity index (χ0v) is 21.7. The maximum absolute atomic E-state index is 11.9. The average molecular weight is 527 g/mol. The van der Waals surface area contributed by atoms with Gasteiger partial charge in [-0.2, -0.15) is 4.98 Å². The highest BCUT2D eigenvalue weighted by Gasteiger charge is 2.24. The number of aryl methyl sites for hydroxylation is 1. The Morgan fingerprint density at radius 1 is 1.06 bits per heavy atom. The van der Waals surface area contributed by atoms with E-state index in [0.29, 0.717) is 23.0 Å². The predicted octanol–water partition coefficient (Wildman–Crippen LogP) is 5.31. The number of aliphatic hydroxyl groups is 1. The van der Waals surface area contributed by atoms with E-state index in [1.54, 1.807) is 18.2 Å². The van der Waals surface area contributed by atoms with Gasteiger partial charge in [0.2, 0.25) is 5.82 Å². The number of hydrogen-bond donors (Lipinski definition) is 1. The molecule has 0 radical (unpaired) electrons. The predicted molar refractivity (Wildman–Crippen MR) is 130 cm³/mol. The van der Waals surface area contributed by atoms with Crippen LogP contribution in [0.3, 0.4) is 0 Å². The Labute approximate surface area is 208 Å². The molecule has 1 atom stereocenters. The fraction of sp³-hybridized carbons (Fsp3) is 0.391. The number of aliphatic hydroxyl groups excluding tert-OH is 1. The van der Waals surface area contributed by atoms with Crippen molar-refractivity contribution in [1.29, 1.82) is 0 Å². The fourth-order valence-electron chi connectivity index (χ4n) is 2.97. The molecule has 0 aliphatic heterocycles. The Kier molecular flexibility index (Phi) is 9.29. The molecule has 1 N–H and O–H groups in total. The van der Waals surface area contributed by atoms with Crippen LogP contribution >= 0.6 is 19.4 Å². The minimum Gasteiger partial charge on any atom is -0.491 e. The zero-order valence-electron chi connectivity index (χ0n) is 20.1. The molecule has 12 heteroatoms. The van der Waals surface area contributed by atoms with E-state index in [0.717, 1.165) is 16.9 Å². The largest absolute Gasteiger partial charge is 0.491 e. The van der Waals surface area contributed by atoms with Crippen LogP contribution in [0, 0.1) is 6.92 Å². The number of nitrogens with zero attached hydrogens (tertiary/aromatic N) is 2. The molecule has 190 valence electrons. The van der Waals surface area contributed by atoms with Gasteiger partial charge in [-0.3, -0.25) is 13.6 Å². The average Bonchev–Trinajstić information content (AvgIpc) is 3.33. The first-order valence-electron chi connectivity index (χ1n) is 10.7. The van der Waals surface area contributed by atoms with Gasteiger partial charge >= 0.3 is 7.82 Å². The Hall–Kier alpha value is -2.46.